The number of alkyl halides is 3. The summed E-state index contributed by atoms with van der Waals surface area (Å²) in [6.45, 7) is 0. The van der Waals surface area contributed by atoms with Crippen molar-refractivity contribution in [2.45, 2.75) is 6.18 Å². The number of halogens is 3. The molecular formula is C21H15F3N4O2. The van der Waals surface area contributed by atoms with E-state index in [1.807, 2.05) is 35.0 Å². The lowest BCUT2D eigenvalue weighted by molar-refractivity contribution is -0.141. The normalized spacial score (nSPS) is 11.5. The highest BCUT2D eigenvalue weighted by Gasteiger charge is 2.32. The van der Waals surface area contributed by atoms with E-state index < -0.39 is 17.8 Å². The van der Waals surface area contributed by atoms with Crippen LogP contribution in [0.3, 0.4) is 0 Å². The number of methoxy groups -OCH3 is 1. The molecule has 0 bridgehead atoms. The molecule has 0 fully saturated rings. The van der Waals surface area contributed by atoms with Gasteiger partial charge in [-0.05, 0) is 42.5 Å². The first kappa shape index (κ1) is 19.4. The van der Waals surface area contributed by atoms with Gasteiger partial charge in [-0.2, -0.15) is 13.2 Å². The molecule has 1 amide bonds. The molecule has 0 aliphatic heterocycles. The van der Waals surface area contributed by atoms with Crippen LogP contribution in [-0.2, 0) is 6.18 Å². The number of pyridine rings is 2. The van der Waals surface area contributed by atoms with Gasteiger partial charge in [0.25, 0.3) is 5.91 Å². The fourth-order valence-corrected chi connectivity index (χ4v) is 2.93. The molecule has 3 aromatic heterocycles. The number of carbonyl (C=O) groups is 1. The Morgan fingerprint density at radius 2 is 1.97 bits per heavy atom. The summed E-state index contributed by atoms with van der Waals surface area (Å²) in [5.41, 5.74) is 1.48. The fourth-order valence-electron chi connectivity index (χ4n) is 2.93. The van der Waals surface area contributed by atoms with Crippen LogP contribution in [0.5, 0.6) is 5.75 Å². The van der Waals surface area contributed by atoms with Gasteiger partial charge in [-0.1, -0.05) is 6.07 Å². The topological polar surface area (TPSA) is 68.5 Å². The Morgan fingerprint density at radius 1 is 1.13 bits per heavy atom. The van der Waals surface area contributed by atoms with E-state index in [-0.39, 0.29) is 5.56 Å². The lowest BCUT2D eigenvalue weighted by Gasteiger charge is -2.12. The molecule has 0 aliphatic rings. The maximum Gasteiger partial charge on any atom is 0.433 e. The van der Waals surface area contributed by atoms with Crippen LogP contribution in [0.2, 0.25) is 0 Å². The van der Waals surface area contributed by atoms with Crippen molar-refractivity contribution >= 4 is 17.2 Å². The molecule has 6 nitrogen and oxygen atoms in total. The molecule has 0 atom stereocenters. The average molecular weight is 412 g/mol. The highest BCUT2D eigenvalue weighted by Crippen LogP contribution is 2.31. The Kier molecular flexibility index (Phi) is 4.86. The number of benzene rings is 1. The summed E-state index contributed by atoms with van der Waals surface area (Å²) >= 11 is 0. The monoisotopic (exact) mass is 412 g/mol. The highest BCUT2D eigenvalue weighted by molar-refractivity contribution is 6.05. The summed E-state index contributed by atoms with van der Waals surface area (Å²) in [5, 5.41) is 2.66. The molecule has 0 aliphatic carbocycles. The van der Waals surface area contributed by atoms with Crippen LogP contribution in [0.4, 0.5) is 18.9 Å². The van der Waals surface area contributed by atoms with Crippen LogP contribution in [0.1, 0.15) is 16.1 Å². The molecule has 1 N–H and O–H groups in total. The Morgan fingerprint density at radius 3 is 2.63 bits per heavy atom. The highest BCUT2D eigenvalue weighted by atomic mass is 19.4. The largest absolute Gasteiger partial charge is 0.495 e. The first-order valence-electron chi connectivity index (χ1n) is 8.82. The van der Waals surface area contributed by atoms with Crippen molar-refractivity contribution in [2.24, 2.45) is 0 Å². The zero-order valence-corrected chi connectivity index (χ0v) is 15.6. The van der Waals surface area contributed by atoms with Gasteiger partial charge in [0.2, 0.25) is 0 Å². The van der Waals surface area contributed by atoms with E-state index in [4.69, 9.17) is 4.74 Å². The minimum atomic E-state index is -4.57. The van der Waals surface area contributed by atoms with Crippen molar-refractivity contribution in [1.29, 1.82) is 0 Å². The molecule has 4 rings (SSSR count). The van der Waals surface area contributed by atoms with Crippen LogP contribution in [0.15, 0.2) is 67.1 Å². The Balaban J connectivity index is 1.63. The average Bonchev–Trinajstić information content (AvgIpc) is 3.17. The van der Waals surface area contributed by atoms with Gasteiger partial charge in [-0.3, -0.25) is 9.78 Å². The Hall–Kier alpha value is -3.88. The number of hydrogen-bond donors (Lipinski definition) is 1. The number of aromatic nitrogens is 3. The molecule has 0 unspecified atom stereocenters. The first-order valence-corrected chi connectivity index (χ1v) is 8.82. The number of rotatable bonds is 4. The van der Waals surface area contributed by atoms with Crippen LogP contribution < -0.4 is 10.1 Å². The Bertz CT molecular complexity index is 1180. The summed E-state index contributed by atoms with van der Waals surface area (Å²) in [6.07, 6.45) is 0.0371. The van der Waals surface area contributed by atoms with E-state index in [0.29, 0.717) is 17.1 Å². The number of imidazole rings is 1. The summed E-state index contributed by atoms with van der Waals surface area (Å²) in [4.78, 5) is 20.4. The molecule has 1 aromatic carbocycles. The van der Waals surface area contributed by atoms with Crippen molar-refractivity contribution in [3.63, 3.8) is 0 Å². The second kappa shape index (κ2) is 7.51. The molecule has 0 saturated carbocycles. The summed E-state index contributed by atoms with van der Waals surface area (Å²) in [5.74, 6) is -0.211. The molecule has 30 heavy (non-hydrogen) atoms. The Labute approximate surface area is 169 Å². The third-order valence-corrected chi connectivity index (χ3v) is 4.42. The molecule has 0 spiro atoms. The summed E-state index contributed by atoms with van der Waals surface area (Å²) < 4.78 is 45.1. The zero-order chi connectivity index (χ0) is 21.3. The van der Waals surface area contributed by atoms with E-state index in [9.17, 15) is 18.0 Å². The van der Waals surface area contributed by atoms with Crippen molar-refractivity contribution in [2.75, 3.05) is 12.4 Å². The number of carbonyl (C=O) groups excluding carboxylic acids is 1. The van der Waals surface area contributed by atoms with E-state index in [0.717, 1.165) is 29.5 Å². The van der Waals surface area contributed by atoms with Gasteiger partial charge in [0.05, 0.1) is 24.1 Å². The van der Waals surface area contributed by atoms with E-state index >= 15 is 0 Å². The zero-order valence-electron chi connectivity index (χ0n) is 15.6. The second-order valence-electron chi connectivity index (χ2n) is 6.39. The summed E-state index contributed by atoms with van der Waals surface area (Å²) in [6, 6.07) is 12.6. The number of nitrogens with zero attached hydrogens (tertiary/aromatic N) is 3. The van der Waals surface area contributed by atoms with Gasteiger partial charge < -0.3 is 14.5 Å². The third kappa shape index (κ3) is 3.82. The van der Waals surface area contributed by atoms with E-state index in [2.05, 4.69) is 15.3 Å². The molecular weight excluding hydrogens is 397 g/mol. The predicted molar refractivity (Wildman–Crippen MR) is 104 cm³/mol. The lowest BCUT2D eigenvalue weighted by Crippen LogP contribution is -2.14. The number of fused-ring (bicyclic) bond motifs is 1. The number of ether oxygens (including phenoxy) is 1. The SMILES string of the molecule is COc1ccc(-c2cn3ccccc3n2)cc1NC(=O)c1ccc(C(F)(F)F)nc1. The number of anilines is 1. The molecule has 3 heterocycles. The van der Waals surface area contributed by atoms with Gasteiger partial charge in [0.1, 0.15) is 17.1 Å². The maximum atomic E-state index is 12.7. The van der Waals surface area contributed by atoms with Gasteiger partial charge in [0.15, 0.2) is 0 Å². The van der Waals surface area contributed by atoms with E-state index in [1.165, 1.54) is 7.11 Å². The van der Waals surface area contributed by atoms with E-state index in [1.54, 1.807) is 18.2 Å². The molecule has 0 radical (unpaired) electrons. The van der Waals surface area contributed by atoms with Crippen LogP contribution in [0, 0.1) is 0 Å². The number of hydrogen-bond acceptors (Lipinski definition) is 4. The maximum absolute atomic E-state index is 12.7. The standard InChI is InChI=1S/C21H15F3N4O2/c1-30-17-7-5-13(16-12-28-9-3-2-4-19(28)26-16)10-15(17)27-20(29)14-6-8-18(25-11-14)21(22,23)24/h2-12H,1H3,(H,27,29). The predicted octanol–water partition coefficient (Wildman–Crippen LogP) is 4.68. The van der Waals surface area contributed by atoms with Crippen molar-refractivity contribution < 1.29 is 22.7 Å². The van der Waals surface area contributed by atoms with Crippen molar-refractivity contribution in [1.82, 2.24) is 14.4 Å². The summed E-state index contributed by atoms with van der Waals surface area (Å²) in [7, 11) is 1.45. The van der Waals surface area contributed by atoms with Crippen molar-refractivity contribution in [3.8, 4) is 17.0 Å². The van der Waals surface area contributed by atoms with Gasteiger partial charge >= 0.3 is 6.18 Å². The quantitative estimate of drug-likeness (QED) is 0.529. The molecule has 152 valence electrons. The molecule has 9 heteroatoms. The number of nitrogens with one attached hydrogen (secondary N) is 1. The lowest BCUT2D eigenvalue weighted by atomic mass is 10.1. The minimum absolute atomic E-state index is 0.0109. The van der Waals surface area contributed by atoms with Gasteiger partial charge in [0, 0.05) is 24.2 Å². The number of amides is 1. The van der Waals surface area contributed by atoms with Crippen molar-refractivity contribution in [3.05, 3.63) is 78.4 Å². The van der Waals surface area contributed by atoms with Gasteiger partial charge in [-0.15, -0.1) is 0 Å². The molecule has 4 aromatic rings. The second-order valence-corrected chi connectivity index (χ2v) is 6.39. The fraction of sp³-hybridized carbons (Fsp3) is 0.0952. The first-order chi connectivity index (χ1) is 14.3. The smallest absolute Gasteiger partial charge is 0.433 e. The third-order valence-electron chi connectivity index (χ3n) is 4.42. The van der Waals surface area contributed by atoms with Crippen LogP contribution in [0.25, 0.3) is 16.9 Å². The van der Waals surface area contributed by atoms with Crippen LogP contribution in [-0.4, -0.2) is 27.4 Å². The minimum Gasteiger partial charge on any atom is -0.495 e. The van der Waals surface area contributed by atoms with Gasteiger partial charge in [-0.25, -0.2) is 4.98 Å². The van der Waals surface area contributed by atoms with Crippen LogP contribution >= 0.6 is 0 Å². The molecule has 0 saturated heterocycles.